The summed E-state index contributed by atoms with van der Waals surface area (Å²) >= 11 is 1.69. The van der Waals surface area contributed by atoms with Crippen molar-refractivity contribution in [1.29, 1.82) is 0 Å². The first-order valence-corrected chi connectivity index (χ1v) is 8.59. The Hall–Kier alpha value is -1.55. The molecule has 1 heterocycles. The van der Waals surface area contributed by atoms with Crippen LogP contribution in [0.5, 0.6) is 5.75 Å². The predicted octanol–water partition coefficient (Wildman–Crippen LogP) is 3.85. The van der Waals surface area contributed by atoms with Crippen molar-refractivity contribution in [2.75, 3.05) is 6.54 Å². The number of thiophene rings is 1. The Morgan fingerprint density at radius 2 is 2.10 bits per heavy atom. The molecule has 1 aliphatic rings. The minimum absolute atomic E-state index is 0.220. The van der Waals surface area contributed by atoms with Gasteiger partial charge in [-0.2, -0.15) is 0 Å². The van der Waals surface area contributed by atoms with Crippen LogP contribution in [0, 0.1) is 5.92 Å². The molecule has 1 fully saturated rings. The van der Waals surface area contributed by atoms with Gasteiger partial charge < -0.3 is 10.4 Å². The lowest BCUT2D eigenvalue weighted by molar-refractivity contribution is -0.125. The first-order valence-electron chi connectivity index (χ1n) is 7.71. The Labute approximate surface area is 129 Å². The van der Waals surface area contributed by atoms with Crippen molar-refractivity contribution >= 4 is 27.3 Å². The summed E-state index contributed by atoms with van der Waals surface area (Å²) in [6.45, 7) is 0.677. The van der Waals surface area contributed by atoms with Crippen molar-refractivity contribution in [2.24, 2.45) is 5.92 Å². The number of phenols is 1. The molecule has 0 unspecified atom stereocenters. The summed E-state index contributed by atoms with van der Waals surface area (Å²) in [5.74, 6) is 0.743. The van der Waals surface area contributed by atoms with Crippen LogP contribution < -0.4 is 5.32 Å². The van der Waals surface area contributed by atoms with Crippen LogP contribution in [0.25, 0.3) is 10.1 Å². The van der Waals surface area contributed by atoms with Gasteiger partial charge in [0.05, 0.1) is 0 Å². The molecule has 0 bridgehead atoms. The first-order chi connectivity index (χ1) is 10.2. The molecule has 0 radical (unpaired) electrons. The number of phenolic OH excluding ortho intramolecular Hbond substituents is 1. The summed E-state index contributed by atoms with van der Waals surface area (Å²) in [7, 11) is 0. The molecule has 2 aromatic rings. The second-order valence-electron chi connectivity index (χ2n) is 5.82. The fourth-order valence-corrected chi connectivity index (χ4v) is 4.07. The lowest BCUT2D eigenvalue weighted by atomic mass is 9.88. The Morgan fingerprint density at radius 1 is 1.29 bits per heavy atom. The van der Waals surface area contributed by atoms with Crippen LogP contribution in [0.2, 0.25) is 0 Å². The highest BCUT2D eigenvalue weighted by Gasteiger charge is 2.20. The Kier molecular flexibility index (Phi) is 4.44. The molecule has 0 spiro atoms. The fourth-order valence-electron chi connectivity index (χ4n) is 3.09. The molecule has 3 nitrogen and oxygen atoms in total. The van der Waals surface area contributed by atoms with Crippen molar-refractivity contribution in [3.05, 3.63) is 29.1 Å². The summed E-state index contributed by atoms with van der Waals surface area (Å²) in [5, 5.41) is 15.9. The largest absolute Gasteiger partial charge is 0.508 e. The summed E-state index contributed by atoms with van der Waals surface area (Å²) < 4.78 is 1.18. The van der Waals surface area contributed by atoms with E-state index in [4.69, 9.17) is 0 Å². The van der Waals surface area contributed by atoms with Gasteiger partial charge >= 0.3 is 0 Å². The van der Waals surface area contributed by atoms with E-state index in [9.17, 15) is 9.90 Å². The second kappa shape index (κ2) is 6.48. The molecule has 2 N–H and O–H groups in total. The molecular formula is C17H21NO2S. The van der Waals surface area contributed by atoms with Gasteiger partial charge in [-0.1, -0.05) is 19.3 Å². The van der Waals surface area contributed by atoms with E-state index in [2.05, 4.69) is 10.7 Å². The van der Waals surface area contributed by atoms with E-state index in [0.717, 1.165) is 24.6 Å². The van der Waals surface area contributed by atoms with Crippen LogP contribution in [0.3, 0.4) is 0 Å². The number of fused-ring (bicyclic) bond motifs is 1. The van der Waals surface area contributed by atoms with Gasteiger partial charge in [0.15, 0.2) is 0 Å². The third kappa shape index (κ3) is 3.38. The highest BCUT2D eigenvalue weighted by molar-refractivity contribution is 7.17. The molecule has 0 saturated heterocycles. The normalized spacial score (nSPS) is 16.2. The number of hydrogen-bond donors (Lipinski definition) is 2. The molecule has 0 atom stereocenters. The molecule has 1 aliphatic carbocycles. The Balaban J connectivity index is 1.56. The second-order valence-corrected chi connectivity index (χ2v) is 6.73. The topological polar surface area (TPSA) is 49.3 Å². The van der Waals surface area contributed by atoms with Crippen molar-refractivity contribution < 1.29 is 9.90 Å². The van der Waals surface area contributed by atoms with Gasteiger partial charge in [0.1, 0.15) is 5.75 Å². The number of nitrogens with one attached hydrogen (secondary N) is 1. The maximum atomic E-state index is 12.1. The molecule has 21 heavy (non-hydrogen) atoms. The van der Waals surface area contributed by atoms with Gasteiger partial charge in [-0.05, 0) is 53.8 Å². The molecule has 112 valence electrons. The van der Waals surface area contributed by atoms with Gasteiger partial charge in [0.2, 0.25) is 5.91 Å². The average Bonchev–Trinajstić information content (AvgIpc) is 2.90. The van der Waals surface area contributed by atoms with E-state index in [1.54, 1.807) is 17.4 Å². The maximum Gasteiger partial charge on any atom is 0.223 e. The van der Waals surface area contributed by atoms with Crippen molar-refractivity contribution in [1.82, 2.24) is 5.32 Å². The zero-order valence-corrected chi connectivity index (χ0v) is 12.9. The van der Waals surface area contributed by atoms with Crippen molar-refractivity contribution in [3.8, 4) is 5.75 Å². The third-order valence-corrected chi connectivity index (χ3v) is 5.32. The summed E-state index contributed by atoms with van der Waals surface area (Å²) in [5.41, 5.74) is 1.20. The molecule has 0 aliphatic heterocycles. The lowest BCUT2D eigenvalue weighted by Gasteiger charge is -2.20. The van der Waals surface area contributed by atoms with Gasteiger partial charge in [-0.15, -0.1) is 11.3 Å². The molecule has 1 amide bonds. The van der Waals surface area contributed by atoms with Crippen LogP contribution in [0.15, 0.2) is 23.6 Å². The standard InChI is InChI=1S/C17H21NO2S/c19-14-6-7-16-15(10-14)13(11-21-16)8-9-18-17(20)12-4-2-1-3-5-12/h6-7,10-12,19H,1-5,8-9H2,(H,18,20). The van der Waals surface area contributed by atoms with Crippen LogP contribution in [-0.2, 0) is 11.2 Å². The minimum atomic E-state index is 0.220. The van der Waals surface area contributed by atoms with Gasteiger partial charge in [0.25, 0.3) is 0 Å². The number of rotatable bonds is 4. The van der Waals surface area contributed by atoms with Crippen LogP contribution in [-0.4, -0.2) is 17.6 Å². The summed E-state index contributed by atoms with van der Waals surface area (Å²) in [6.07, 6.45) is 6.55. The van der Waals surface area contributed by atoms with Crippen LogP contribution >= 0.6 is 11.3 Å². The van der Waals surface area contributed by atoms with E-state index in [1.165, 1.54) is 29.5 Å². The minimum Gasteiger partial charge on any atom is -0.508 e. The van der Waals surface area contributed by atoms with Gasteiger partial charge in [-0.3, -0.25) is 4.79 Å². The number of carbonyl (C=O) groups is 1. The van der Waals surface area contributed by atoms with Gasteiger partial charge in [0, 0.05) is 17.2 Å². The highest BCUT2D eigenvalue weighted by atomic mass is 32.1. The first kappa shape index (κ1) is 14.4. The van der Waals surface area contributed by atoms with Crippen LogP contribution in [0.4, 0.5) is 0 Å². The van der Waals surface area contributed by atoms with Crippen LogP contribution in [0.1, 0.15) is 37.7 Å². The van der Waals surface area contributed by atoms with Gasteiger partial charge in [-0.25, -0.2) is 0 Å². The SMILES string of the molecule is O=C(NCCc1csc2ccc(O)cc12)C1CCCCC1. The number of benzene rings is 1. The summed E-state index contributed by atoms with van der Waals surface area (Å²) in [6, 6.07) is 5.47. The summed E-state index contributed by atoms with van der Waals surface area (Å²) in [4.78, 5) is 12.1. The highest BCUT2D eigenvalue weighted by Crippen LogP contribution is 2.29. The Morgan fingerprint density at radius 3 is 2.90 bits per heavy atom. The lowest BCUT2D eigenvalue weighted by Crippen LogP contribution is -2.33. The molecule has 1 aromatic carbocycles. The van der Waals surface area contributed by atoms with E-state index < -0.39 is 0 Å². The number of amides is 1. The zero-order chi connectivity index (χ0) is 14.7. The predicted molar refractivity (Wildman–Crippen MR) is 86.8 cm³/mol. The maximum absolute atomic E-state index is 12.1. The zero-order valence-electron chi connectivity index (χ0n) is 12.1. The quantitative estimate of drug-likeness (QED) is 0.901. The average molecular weight is 303 g/mol. The van der Waals surface area contributed by atoms with Crippen molar-refractivity contribution in [3.63, 3.8) is 0 Å². The van der Waals surface area contributed by atoms with E-state index >= 15 is 0 Å². The molecular weight excluding hydrogens is 282 g/mol. The number of aromatic hydroxyl groups is 1. The molecule has 1 aromatic heterocycles. The third-order valence-electron chi connectivity index (χ3n) is 4.31. The van der Waals surface area contributed by atoms with E-state index in [0.29, 0.717) is 12.3 Å². The smallest absolute Gasteiger partial charge is 0.223 e. The monoisotopic (exact) mass is 303 g/mol. The fraction of sp³-hybridized carbons (Fsp3) is 0.471. The molecule has 1 saturated carbocycles. The number of hydrogen-bond acceptors (Lipinski definition) is 3. The number of carbonyl (C=O) groups excluding carboxylic acids is 1. The Bertz CT molecular complexity index is 629. The van der Waals surface area contributed by atoms with E-state index in [-0.39, 0.29) is 11.8 Å². The molecule has 4 heteroatoms. The molecule has 3 rings (SSSR count). The van der Waals surface area contributed by atoms with E-state index in [1.807, 2.05) is 12.1 Å². The van der Waals surface area contributed by atoms with Crippen molar-refractivity contribution in [2.45, 2.75) is 38.5 Å².